The zero-order valence-corrected chi connectivity index (χ0v) is 10.9. The van der Waals surface area contributed by atoms with Crippen molar-refractivity contribution in [2.45, 2.75) is 19.6 Å². The quantitative estimate of drug-likeness (QED) is 0.894. The van der Waals surface area contributed by atoms with Gasteiger partial charge in [-0.2, -0.15) is 0 Å². The van der Waals surface area contributed by atoms with Crippen LogP contribution >= 0.6 is 11.3 Å². The number of anilines is 1. The molecule has 0 radical (unpaired) electrons. The van der Waals surface area contributed by atoms with Crippen molar-refractivity contribution in [3.8, 4) is 0 Å². The molecule has 2 nitrogen and oxygen atoms in total. The number of hydrogen-bond donors (Lipinski definition) is 1. The van der Waals surface area contributed by atoms with Crippen molar-refractivity contribution in [1.82, 2.24) is 0 Å². The van der Waals surface area contributed by atoms with Crippen LogP contribution in [-0.2, 0) is 6.54 Å². The number of rotatable bonds is 4. The first-order chi connectivity index (χ1) is 8.16. The van der Waals surface area contributed by atoms with Crippen LogP contribution in [0.1, 0.15) is 23.5 Å². The van der Waals surface area contributed by atoms with Crippen molar-refractivity contribution in [3.05, 3.63) is 52.2 Å². The highest BCUT2D eigenvalue weighted by atomic mass is 32.1. The molecule has 1 aromatic heterocycles. The van der Waals surface area contributed by atoms with Gasteiger partial charge in [0.2, 0.25) is 0 Å². The molecular formula is C14H17NOS. The predicted molar refractivity (Wildman–Crippen MR) is 73.5 cm³/mol. The van der Waals surface area contributed by atoms with Crippen LogP contribution < -0.4 is 4.90 Å². The smallest absolute Gasteiger partial charge is 0.0761 e. The van der Waals surface area contributed by atoms with E-state index in [1.54, 1.807) is 18.3 Å². The lowest BCUT2D eigenvalue weighted by molar-refractivity contribution is 0.199. The summed E-state index contributed by atoms with van der Waals surface area (Å²) in [6.45, 7) is 2.70. The largest absolute Gasteiger partial charge is 0.389 e. The maximum Gasteiger partial charge on any atom is 0.0761 e. The second-order valence-electron chi connectivity index (χ2n) is 4.20. The van der Waals surface area contributed by atoms with Gasteiger partial charge in [0.05, 0.1) is 12.6 Å². The maximum absolute atomic E-state index is 9.45. The van der Waals surface area contributed by atoms with E-state index >= 15 is 0 Å². The van der Waals surface area contributed by atoms with Crippen LogP contribution in [0.15, 0.2) is 41.8 Å². The summed E-state index contributed by atoms with van der Waals surface area (Å²) in [5.41, 5.74) is 2.13. The predicted octanol–water partition coefficient (Wildman–Crippen LogP) is 3.44. The zero-order valence-electron chi connectivity index (χ0n) is 10.1. The van der Waals surface area contributed by atoms with E-state index in [0.29, 0.717) is 0 Å². The Morgan fingerprint density at radius 1 is 1.24 bits per heavy atom. The summed E-state index contributed by atoms with van der Waals surface area (Å²) in [6.07, 6.45) is -0.397. The number of hydrogen-bond acceptors (Lipinski definition) is 3. The highest BCUT2D eigenvalue weighted by molar-refractivity contribution is 7.09. The van der Waals surface area contributed by atoms with E-state index < -0.39 is 6.10 Å². The molecule has 1 aromatic carbocycles. The van der Waals surface area contributed by atoms with Gasteiger partial charge in [0.25, 0.3) is 0 Å². The van der Waals surface area contributed by atoms with Crippen molar-refractivity contribution in [3.63, 3.8) is 0 Å². The average molecular weight is 247 g/mol. The van der Waals surface area contributed by atoms with E-state index in [4.69, 9.17) is 0 Å². The van der Waals surface area contributed by atoms with Crippen LogP contribution in [0.3, 0.4) is 0 Å². The molecule has 0 amide bonds. The summed E-state index contributed by atoms with van der Waals surface area (Å²) in [7, 11) is 2.08. The van der Waals surface area contributed by atoms with Crippen LogP contribution in [0.25, 0.3) is 0 Å². The molecule has 2 rings (SSSR count). The van der Waals surface area contributed by atoms with Gasteiger partial charge in [-0.1, -0.05) is 18.2 Å². The number of aliphatic hydroxyl groups excluding tert-OH is 1. The fraction of sp³-hybridized carbons (Fsp3) is 0.286. The summed E-state index contributed by atoms with van der Waals surface area (Å²) in [4.78, 5) is 3.56. The Bertz CT molecular complexity index is 448. The molecule has 17 heavy (non-hydrogen) atoms. The van der Waals surface area contributed by atoms with Gasteiger partial charge in [-0.3, -0.25) is 0 Å². The normalized spacial score (nSPS) is 12.4. The van der Waals surface area contributed by atoms with E-state index in [9.17, 15) is 5.11 Å². The topological polar surface area (TPSA) is 23.5 Å². The second kappa shape index (κ2) is 5.34. The molecule has 3 heteroatoms. The molecule has 1 atom stereocenters. The van der Waals surface area contributed by atoms with Crippen LogP contribution in [0, 0.1) is 0 Å². The van der Waals surface area contributed by atoms with Crippen LogP contribution in [0.5, 0.6) is 0 Å². The van der Waals surface area contributed by atoms with Gasteiger partial charge in [0.1, 0.15) is 0 Å². The summed E-state index contributed by atoms with van der Waals surface area (Å²) in [6, 6.07) is 12.3. The molecule has 0 bridgehead atoms. The van der Waals surface area contributed by atoms with Crippen LogP contribution in [0.4, 0.5) is 5.69 Å². The highest BCUT2D eigenvalue weighted by Gasteiger charge is 2.04. The molecular weight excluding hydrogens is 230 g/mol. The van der Waals surface area contributed by atoms with Gasteiger partial charge >= 0.3 is 0 Å². The molecule has 1 heterocycles. The number of nitrogens with zero attached hydrogens (tertiary/aromatic N) is 1. The summed E-state index contributed by atoms with van der Waals surface area (Å²) in [5, 5.41) is 11.5. The molecule has 0 aliphatic heterocycles. The molecule has 0 aliphatic rings. The average Bonchev–Trinajstić information content (AvgIpc) is 2.82. The lowest BCUT2D eigenvalue weighted by Crippen LogP contribution is -2.15. The van der Waals surface area contributed by atoms with Crippen molar-refractivity contribution in [2.24, 2.45) is 0 Å². The zero-order chi connectivity index (χ0) is 12.3. The lowest BCUT2D eigenvalue weighted by atomic mass is 10.1. The first-order valence-electron chi connectivity index (χ1n) is 5.68. The molecule has 0 aliphatic carbocycles. The molecule has 0 spiro atoms. The minimum absolute atomic E-state index is 0.397. The third-order valence-electron chi connectivity index (χ3n) is 2.79. The van der Waals surface area contributed by atoms with E-state index in [-0.39, 0.29) is 0 Å². The van der Waals surface area contributed by atoms with E-state index in [2.05, 4.69) is 41.6 Å². The Morgan fingerprint density at radius 3 is 2.47 bits per heavy atom. The lowest BCUT2D eigenvalue weighted by Gasteiger charge is -2.19. The molecule has 0 saturated heterocycles. The summed E-state index contributed by atoms with van der Waals surface area (Å²) >= 11 is 1.77. The second-order valence-corrected chi connectivity index (χ2v) is 5.24. The first-order valence-corrected chi connectivity index (χ1v) is 6.56. The van der Waals surface area contributed by atoms with Gasteiger partial charge in [-0.15, -0.1) is 11.3 Å². The highest BCUT2D eigenvalue weighted by Crippen LogP contribution is 2.20. The fourth-order valence-corrected chi connectivity index (χ4v) is 2.49. The third kappa shape index (κ3) is 3.08. The first kappa shape index (κ1) is 12.1. The Morgan fingerprint density at radius 2 is 1.94 bits per heavy atom. The van der Waals surface area contributed by atoms with Gasteiger partial charge < -0.3 is 10.0 Å². The van der Waals surface area contributed by atoms with E-state index in [0.717, 1.165) is 12.1 Å². The Labute approximate surface area is 106 Å². The van der Waals surface area contributed by atoms with Gasteiger partial charge in [0, 0.05) is 17.6 Å². The van der Waals surface area contributed by atoms with Crippen molar-refractivity contribution in [2.75, 3.05) is 11.9 Å². The molecule has 1 N–H and O–H groups in total. The molecule has 90 valence electrons. The van der Waals surface area contributed by atoms with Crippen molar-refractivity contribution >= 4 is 17.0 Å². The van der Waals surface area contributed by atoms with Gasteiger partial charge in [-0.05, 0) is 36.1 Å². The summed E-state index contributed by atoms with van der Waals surface area (Å²) < 4.78 is 0. The standard InChI is InChI=1S/C14H17NOS/c1-11(16)12-5-7-13(8-6-12)15(2)10-14-4-3-9-17-14/h3-9,11,16H,10H2,1-2H3. The SMILES string of the molecule is CC(O)c1ccc(N(C)Cc2cccs2)cc1. The number of aliphatic hydroxyl groups is 1. The fourth-order valence-electron chi connectivity index (χ4n) is 1.73. The minimum Gasteiger partial charge on any atom is -0.389 e. The minimum atomic E-state index is -0.397. The molecule has 0 fully saturated rings. The molecule has 0 saturated carbocycles. The summed E-state index contributed by atoms with van der Waals surface area (Å²) in [5.74, 6) is 0. The molecule has 2 aromatic rings. The maximum atomic E-state index is 9.45. The number of thiophene rings is 1. The van der Waals surface area contributed by atoms with Gasteiger partial charge in [-0.25, -0.2) is 0 Å². The Hall–Kier alpha value is -1.32. The Kier molecular flexibility index (Phi) is 3.82. The van der Waals surface area contributed by atoms with Crippen LogP contribution in [-0.4, -0.2) is 12.2 Å². The third-order valence-corrected chi connectivity index (χ3v) is 3.65. The van der Waals surface area contributed by atoms with E-state index in [1.165, 1.54) is 10.6 Å². The van der Waals surface area contributed by atoms with Crippen molar-refractivity contribution < 1.29 is 5.11 Å². The monoisotopic (exact) mass is 247 g/mol. The van der Waals surface area contributed by atoms with Crippen molar-refractivity contribution in [1.29, 1.82) is 0 Å². The van der Waals surface area contributed by atoms with Crippen LogP contribution in [0.2, 0.25) is 0 Å². The van der Waals surface area contributed by atoms with Gasteiger partial charge in [0.15, 0.2) is 0 Å². The molecule has 1 unspecified atom stereocenters. The van der Waals surface area contributed by atoms with E-state index in [1.807, 2.05) is 12.1 Å². The number of benzene rings is 1. The Balaban J connectivity index is 2.06.